The van der Waals surface area contributed by atoms with Gasteiger partial charge in [0.25, 0.3) is 0 Å². The summed E-state index contributed by atoms with van der Waals surface area (Å²) in [5.41, 5.74) is 0. The summed E-state index contributed by atoms with van der Waals surface area (Å²) >= 11 is 0. The SMILES string of the molecule is C[C@@H](C1CC/C=C\CCC1)C1N(C)C=CN1C. The topological polar surface area (TPSA) is 6.48 Å². The van der Waals surface area contributed by atoms with Crippen LogP contribution in [0.3, 0.4) is 0 Å². The molecular formula is C15H26N2. The number of hydrogen-bond acceptors (Lipinski definition) is 2. The summed E-state index contributed by atoms with van der Waals surface area (Å²) < 4.78 is 0. The lowest BCUT2D eigenvalue weighted by atomic mass is 9.82. The molecule has 0 aromatic carbocycles. The van der Waals surface area contributed by atoms with Crippen LogP contribution in [-0.4, -0.2) is 30.1 Å². The molecule has 0 fully saturated rings. The van der Waals surface area contributed by atoms with Crippen LogP contribution < -0.4 is 0 Å². The second-order valence-corrected chi connectivity index (χ2v) is 5.64. The van der Waals surface area contributed by atoms with Gasteiger partial charge in [0.1, 0.15) is 6.17 Å². The fraction of sp³-hybridized carbons (Fsp3) is 0.733. The lowest BCUT2D eigenvalue weighted by Gasteiger charge is -2.37. The van der Waals surface area contributed by atoms with Gasteiger partial charge >= 0.3 is 0 Å². The van der Waals surface area contributed by atoms with Crippen molar-refractivity contribution in [2.75, 3.05) is 14.1 Å². The molecule has 0 aromatic rings. The first kappa shape index (κ1) is 12.5. The summed E-state index contributed by atoms with van der Waals surface area (Å²) in [7, 11) is 4.40. The minimum Gasteiger partial charge on any atom is -0.359 e. The first-order valence-electron chi connectivity index (χ1n) is 6.97. The van der Waals surface area contributed by atoms with E-state index in [9.17, 15) is 0 Å². The van der Waals surface area contributed by atoms with Crippen LogP contribution in [0.2, 0.25) is 0 Å². The van der Waals surface area contributed by atoms with E-state index >= 15 is 0 Å². The van der Waals surface area contributed by atoms with Crippen LogP contribution in [0.15, 0.2) is 24.6 Å². The van der Waals surface area contributed by atoms with Crippen LogP contribution in [-0.2, 0) is 0 Å². The molecule has 1 unspecified atom stereocenters. The third kappa shape index (κ3) is 2.85. The van der Waals surface area contributed by atoms with Crippen LogP contribution >= 0.6 is 0 Å². The van der Waals surface area contributed by atoms with E-state index in [1.54, 1.807) is 0 Å². The molecule has 0 saturated carbocycles. The van der Waals surface area contributed by atoms with E-state index in [2.05, 4.69) is 55.4 Å². The van der Waals surface area contributed by atoms with E-state index in [1.807, 2.05) is 0 Å². The molecule has 0 saturated heterocycles. The van der Waals surface area contributed by atoms with Gasteiger partial charge in [-0.2, -0.15) is 0 Å². The van der Waals surface area contributed by atoms with Crippen LogP contribution in [0, 0.1) is 11.8 Å². The fourth-order valence-corrected chi connectivity index (χ4v) is 3.37. The second-order valence-electron chi connectivity index (χ2n) is 5.64. The van der Waals surface area contributed by atoms with Gasteiger partial charge in [-0.05, 0) is 43.9 Å². The molecule has 2 atom stereocenters. The van der Waals surface area contributed by atoms with E-state index in [0.717, 1.165) is 11.8 Å². The third-order valence-corrected chi connectivity index (χ3v) is 4.40. The van der Waals surface area contributed by atoms with Crippen molar-refractivity contribution in [1.82, 2.24) is 9.80 Å². The van der Waals surface area contributed by atoms with Crippen molar-refractivity contribution >= 4 is 0 Å². The van der Waals surface area contributed by atoms with Crippen molar-refractivity contribution in [3.8, 4) is 0 Å². The summed E-state index contributed by atoms with van der Waals surface area (Å²) in [5, 5.41) is 0. The fourth-order valence-electron chi connectivity index (χ4n) is 3.37. The molecule has 1 aliphatic heterocycles. The van der Waals surface area contributed by atoms with Crippen molar-refractivity contribution in [1.29, 1.82) is 0 Å². The van der Waals surface area contributed by atoms with Gasteiger partial charge in [-0.25, -0.2) is 0 Å². The Bertz CT molecular complexity index is 283. The quantitative estimate of drug-likeness (QED) is 0.675. The Morgan fingerprint density at radius 1 is 1.00 bits per heavy atom. The lowest BCUT2D eigenvalue weighted by Crippen LogP contribution is -2.42. The zero-order valence-corrected chi connectivity index (χ0v) is 11.5. The van der Waals surface area contributed by atoms with Gasteiger partial charge in [0.15, 0.2) is 0 Å². The molecule has 96 valence electrons. The first-order valence-corrected chi connectivity index (χ1v) is 6.97. The maximum Gasteiger partial charge on any atom is 0.103 e. The van der Waals surface area contributed by atoms with E-state index in [-0.39, 0.29) is 0 Å². The minimum absolute atomic E-state index is 0.559. The summed E-state index contributed by atoms with van der Waals surface area (Å²) in [5.74, 6) is 1.61. The Hall–Kier alpha value is -0.920. The van der Waals surface area contributed by atoms with Crippen LogP contribution in [0.1, 0.15) is 39.0 Å². The van der Waals surface area contributed by atoms with E-state index in [0.29, 0.717) is 6.17 Å². The summed E-state index contributed by atoms with van der Waals surface area (Å²) in [6.45, 7) is 2.43. The maximum atomic E-state index is 2.43. The van der Waals surface area contributed by atoms with Gasteiger partial charge in [0.05, 0.1) is 0 Å². The van der Waals surface area contributed by atoms with Gasteiger partial charge in [-0.3, -0.25) is 0 Å². The summed E-state index contributed by atoms with van der Waals surface area (Å²) in [4.78, 5) is 4.72. The summed E-state index contributed by atoms with van der Waals surface area (Å²) in [6, 6.07) is 0. The van der Waals surface area contributed by atoms with Crippen molar-refractivity contribution in [2.24, 2.45) is 11.8 Å². The predicted octanol–water partition coefficient (Wildman–Crippen LogP) is 3.43. The molecule has 2 aliphatic rings. The van der Waals surface area contributed by atoms with Gasteiger partial charge < -0.3 is 9.80 Å². The average molecular weight is 234 g/mol. The Kier molecular flexibility index (Phi) is 4.14. The predicted molar refractivity (Wildman–Crippen MR) is 73.3 cm³/mol. The molecule has 1 aliphatic carbocycles. The highest BCUT2D eigenvalue weighted by Crippen LogP contribution is 2.32. The normalized spacial score (nSPS) is 30.2. The van der Waals surface area contributed by atoms with Crippen molar-refractivity contribution in [3.63, 3.8) is 0 Å². The van der Waals surface area contributed by atoms with Crippen molar-refractivity contribution in [2.45, 2.75) is 45.2 Å². The highest BCUT2D eigenvalue weighted by Gasteiger charge is 2.31. The highest BCUT2D eigenvalue weighted by molar-refractivity contribution is 4.97. The van der Waals surface area contributed by atoms with E-state index < -0.39 is 0 Å². The van der Waals surface area contributed by atoms with Crippen LogP contribution in [0.4, 0.5) is 0 Å². The lowest BCUT2D eigenvalue weighted by molar-refractivity contribution is 0.0932. The van der Waals surface area contributed by atoms with Gasteiger partial charge in [0, 0.05) is 26.5 Å². The molecule has 0 aromatic heterocycles. The number of rotatable bonds is 2. The molecule has 0 amide bonds. The van der Waals surface area contributed by atoms with Gasteiger partial charge in [-0.15, -0.1) is 0 Å². The minimum atomic E-state index is 0.559. The van der Waals surface area contributed by atoms with E-state index in [4.69, 9.17) is 0 Å². The molecule has 0 radical (unpaired) electrons. The van der Waals surface area contributed by atoms with E-state index in [1.165, 1.54) is 32.1 Å². The molecule has 1 heterocycles. The third-order valence-electron chi connectivity index (χ3n) is 4.40. The Morgan fingerprint density at radius 3 is 2.35 bits per heavy atom. The molecule has 2 nitrogen and oxygen atoms in total. The van der Waals surface area contributed by atoms with Crippen molar-refractivity contribution < 1.29 is 0 Å². The van der Waals surface area contributed by atoms with Gasteiger partial charge in [-0.1, -0.05) is 19.1 Å². The Balaban J connectivity index is 1.98. The Morgan fingerprint density at radius 2 is 1.65 bits per heavy atom. The zero-order chi connectivity index (χ0) is 12.3. The van der Waals surface area contributed by atoms with Crippen molar-refractivity contribution in [3.05, 3.63) is 24.6 Å². The maximum absolute atomic E-state index is 2.43. The van der Waals surface area contributed by atoms with Gasteiger partial charge in [0.2, 0.25) is 0 Å². The largest absolute Gasteiger partial charge is 0.359 e. The number of allylic oxidation sites excluding steroid dienone is 2. The zero-order valence-electron chi connectivity index (χ0n) is 11.5. The summed E-state index contributed by atoms with van der Waals surface area (Å²) in [6.07, 6.45) is 16.3. The molecule has 2 heteroatoms. The molecule has 0 N–H and O–H groups in total. The average Bonchev–Trinajstić information content (AvgIpc) is 2.57. The van der Waals surface area contributed by atoms with Crippen LogP contribution in [0.25, 0.3) is 0 Å². The molecule has 17 heavy (non-hydrogen) atoms. The first-order chi connectivity index (χ1) is 8.20. The molecule has 0 bridgehead atoms. The number of nitrogens with zero attached hydrogens (tertiary/aromatic N) is 2. The Labute approximate surface area is 106 Å². The van der Waals surface area contributed by atoms with Crippen LogP contribution in [0.5, 0.6) is 0 Å². The highest BCUT2D eigenvalue weighted by atomic mass is 15.4. The molecule has 2 rings (SSSR count). The number of hydrogen-bond donors (Lipinski definition) is 0. The molecule has 0 spiro atoms. The monoisotopic (exact) mass is 234 g/mol. The second kappa shape index (κ2) is 5.61. The molecular weight excluding hydrogens is 208 g/mol. The standard InChI is InChI=1S/C15H26N2/c1-13(15-16(2)11-12-17(15)3)14-9-7-5-4-6-8-10-14/h4-5,11-15H,6-10H2,1-3H3/b5-4-/t13-,14?/m0/s1. The smallest absolute Gasteiger partial charge is 0.103 e.